The summed E-state index contributed by atoms with van der Waals surface area (Å²) in [5.41, 5.74) is 9.03. The molecule has 2 aromatic rings. The van der Waals surface area contributed by atoms with Crippen LogP contribution >= 0.6 is 0 Å². The Labute approximate surface area is 157 Å². The van der Waals surface area contributed by atoms with E-state index in [0.29, 0.717) is 0 Å². The van der Waals surface area contributed by atoms with E-state index in [1.165, 1.54) is 18.1 Å². The molecular weight excluding hydrogens is 346 g/mol. The Hall–Kier alpha value is -2.70. The molecule has 1 aliphatic rings. The molecule has 0 spiro atoms. The molecule has 0 unspecified atom stereocenters. The second kappa shape index (κ2) is 7.50. The number of carbonyl (C=O) groups is 2. The van der Waals surface area contributed by atoms with Crippen molar-refractivity contribution in [2.75, 3.05) is 6.61 Å². The molecule has 0 aromatic heterocycles. The Bertz CT molecular complexity index is 877. The van der Waals surface area contributed by atoms with Crippen LogP contribution in [0.1, 0.15) is 30.5 Å². The van der Waals surface area contributed by atoms with E-state index in [0.717, 1.165) is 23.1 Å². The maximum absolute atomic E-state index is 12.5. The van der Waals surface area contributed by atoms with Gasteiger partial charge < -0.3 is 20.3 Å². The lowest BCUT2D eigenvalue weighted by Crippen LogP contribution is -2.63. The molecule has 3 N–H and O–H groups in total. The maximum atomic E-state index is 12.5. The number of fused-ring (bicyclic) bond motifs is 3. The number of aliphatic hydroxyl groups is 1. The number of carbonyl (C=O) groups excluding carboxylic acids is 2. The van der Waals surface area contributed by atoms with Gasteiger partial charge in [0.05, 0.1) is 12.7 Å². The number of ether oxygens (including phenoxy) is 2. The molecule has 6 heteroatoms. The highest BCUT2D eigenvalue weighted by Gasteiger charge is 2.50. The summed E-state index contributed by atoms with van der Waals surface area (Å²) in [6, 6.07) is 13.9. The first-order chi connectivity index (χ1) is 12.9. The standard InChI is InChI=1S/C21H23NO5/c1-3-26-19(24)21(22,13(2)23)20(25)27-12-15-8-6-10-17-16-9-5-4-7-14(16)11-18(15)17/h4-10,13,23H,3,11-12,22H2,1-2H3/t13-,21+/m1/s1. The van der Waals surface area contributed by atoms with Gasteiger partial charge in [0.1, 0.15) is 6.61 Å². The van der Waals surface area contributed by atoms with Gasteiger partial charge in [0, 0.05) is 0 Å². The second-order valence-electron chi connectivity index (χ2n) is 6.62. The van der Waals surface area contributed by atoms with Gasteiger partial charge >= 0.3 is 11.9 Å². The number of aliphatic hydroxyl groups excluding tert-OH is 1. The Morgan fingerprint density at radius 1 is 1.11 bits per heavy atom. The van der Waals surface area contributed by atoms with Crippen molar-refractivity contribution in [1.29, 1.82) is 0 Å². The summed E-state index contributed by atoms with van der Waals surface area (Å²) in [5, 5.41) is 9.88. The highest BCUT2D eigenvalue weighted by Crippen LogP contribution is 2.38. The summed E-state index contributed by atoms with van der Waals surface area (Å²) < 4.78 is 10.2. The third-order valence-corrected chi connectivity index (χ3v) is 4.92. The average Bonchev–Trinajstić information content (AvgIpc) is 3.04. The van der Waals surface area contributed by atoms with Crippen molar-refractivity contribution in [2.45, 2.75) is 38.5 Å². The third kappa shape index (κ3) is 3.34. The molecule has 0 aliphatic heterocycles. The topological polar surface area (TPSA) is 98.9 Å². The number of hydrogen-bond donors (Lipinski definition) is 2. The number of rotatable bonds is 6. The second-order valence-corrected chi connectivity index (χ2v) is 6.62. The van der Waals surface area contributed by atoms with Crippen LogP contribution in [0.25, 0.3) is 11.1 Å². The molecule has 0 fully saturated rings. The van der Waals surface area contributed by atoms with Gasteiger partial charge in [-0.25, -0.2) is 9.59 Å². The minimum Gasteiger partial charge on any atom is -0.464 e. The molecule has 0 saturated carbocycles. The zero-order chi connectivity index (χ0) is 19.6. The van der Waals surface area contributed by atoms with Gasteiger partial charge in [0.2, 0.25) is 5.54 Å². The van der Waals surface area contributed by atoms with E-state index < -0.39 is 23.6 Å². The number of esters is 2. The van der Waals surface area contributed by atoms with Crippen LogP contribution in [0.5, 0.6) is 0 Å². The van der Waals surface area contributed by atoms with E-state index in [2.05, 4.69) is 12.1 Å². The average molecular weight is 369 g/mol. The molecule has 0 amide bonds. The Morgan fingerprint density at radius 3 is 2.48 bits per heavy atom. The predicted molar refractivity (Wildman–Crippen MR) is 99.7 cm³/mol. The van der Waals surface area contributed by atoms with Gasteiger partial charge in [-0.15, -0.1) is 0 Å². The number of hydrogen-bond acceptors (Lipinski definition) is 6. The first-order valence-corrected chi connectivity index (χ1v) is 8.90. The molecule has 1 aliphatic carbocycles. The van der Waals surface area contributed by atoms with E-state index in [-0.39, 0.29) is 13.2 Å². The predicted octanol–water partition coefficient (Wildman–Crippen LogP) is 1.94. The summed E-state index contributed by atoms with van der Waals surface area (Å²) >= 11 is 0. The SMILES string of the molecule is CCOC(=O)[C@](N)(C(=O)OCc1cccc2c1Cc1ccccc1-2)[C@@H](C)O. The van der Waals surface area contributed by atoms with Crippen LogP contribution in [-0.2, 0) is 32.1 Å². The van der Waals surface area contributed by atoms with Crippen molar-refractivity contribution in [3.05, 3.63) is 59.2 Å². The molecular formula is C21H23NO5. The van der Waals surface area contributed by atoms with E-state index in [4.69, 9.17) is 15.2 Å². The van der Waals surface area contributed by atoms with E-state index in [9.17, 15) is 14.7 Å². The monoisotopic (exact) mass is 369 g/mol. The molecule has 142 valence electrons. The van der Waals surface area contributed by atoms with E-state index in [1.54, 1.807) is 6.92 Å². The van der Waals surface area contributed by atoms with E-state index >= 15 is 0 Å². The van der Waals surface area contributed by atoms with Crippen molar-refractivity contribution in [3.8, 4) is 11.1 Å². The van der Waals surface area contributed by atoms with Gasteiger partial charge in [-0.3, -0.25) is 0 Å². The molecule has 6 nitrogen and oxygen atoms in total. The minimum absolute atomic E-state index is 0.0406. The van der Waals surface area contributed by atoms with Crippen LogP contribution in [-0.4, -0.2) is 35.3 Å². The number of nitrogens with two attached hydrogens (primary N) is 1. The van der Waals surface area contributed by atoms with E-state index in [1.807, 2.05) is 30.3 Å². The van der Waals surface area contributed by atoms with Gasteiger partial charge in [-0.2, -0.15) is 0 Å². The van der Waals surface area contributed by atoms with Gasteiger partial charge in [-0.05, 0) is 48.1 Å². The lowest BCUT2D eigenvalue weighted by Gasteiger charge is -2.27. The molecule has 3 rings (SSSR count). The lowest BCUT2D eigenvalue weighted by molar-refractivity contribution is -0.170. The first-order valence-electron chi connectivity index (χ1n) is 8.90. The molecule has 0 bridgehead atoms. The van der Waals surface area contributed by atoms with Gasteiger partial charge in [0.15, 0.2) is 0 Å². The molecule has 2 atom stereocenters. The maximum Gasteiger partial charge on any atom is 0.340 e. The summed E-state index contributed by atoms with van der Waals surface area (Å²) in [4.78, 5) is 24.6. The highest BCUT2D eigenvalue weighted by molar-refractivity contribution is 6.05. The fraction of sp³-hybridized carbons (Fsp3) is 0.333. The third-order valence-electron chi connectivity index (χ3n) is 4.92. The van der Waals surface area contributed by atoms with Crippen LogP contribution in [0, 0.1) is 0 Å². The first kappa shape index (κ1) is 19.1. The molecule has 27 heavy (non-hydrogen) atoms. The molecule has 0 radical (unpaired) electrons. The summed E-state index contributed by atoms with van der Waals surface area (Å²) in [5.74, 6) is -2.01. The lowest BCUT2D eigenvalue weighted by atomic mass is 9.94. The van der Waals surface area contributed by atoms with Crippen LogP contribution in [0.2, 0.25) is 0 Å². The van der Waals surface area contributed by atoms with Gasteiger partial charge in [-0.1, -0.05) is 42.5 Å². The largest absolute Gasteiger partial charge is 0.464 e. The zero-order valence-corrected chi connectivity index (χ0v) is 15.4. The van der Waals surface area contributed by atoms with Crippen molar-refractivity contribution in [2.24, 2.45) is 5.73 Å². The normalized spacial score (nSPS) is 15.3. The summed E-state index contributed by atoms with van der Waals surface area (Å²) in [6.07, 6.45) is -0.698. The van der Waals surface area contributed by atoms with Crippen LogP contribution in [0.15, 0.2) is 42.5 Å². The highest BCUT2D eigenvalue weighted by atomic mass is 16.6. The minimum atomic E-state index is -2.25. The van der Waals surface area contributed by atoms with Crippen LogP contribution in [0.4, 0.5) is 0 Å². The van der Waals surface area contributed by atoms with Crippen molar-refractivity contribution < 1.29 is 24.2 Å². The smallest absolute Gasteiger partial charge is 0.340 e. The van der Waals surface area contributed by atoms with Crippen molar-refractivity contribution >= 4 is 11.9 Å². The van der Waals surface area contributed by atoms with Gasteiger partial charge in [0.25, 0.3) is 0 Å². The fourth-order valence-corrected chi connectivity index (χ4v) is 3.30. The summed E-state index contributed by atoms with van der Waals surface area (Å²) in [6.45, 7) is 2.86. The molecule has 2 aromatic carbocycles. The van der Waals surface area contributed by atoms with Crippen molar-refractivity contribution in [3.63, 3.8) is 0 Å². The zero-order valence-electron chi connectivity index (χ0n) is 15.4. The molecule has 0 saturated heterocycles. The van der Waals surface area contributed by atoms with Crippen LogP contribution in [0.3, 0.4) is 0 Å². The quantitative estimate of drug-likeness (QED) is 0.509. The Kier molecular flexibility index (Phi) is 5.30. The Balaban J connectivity index is 1.80. The summed E-state index contributed by atoms with van der Waals surface area (Å²) in [7, 11) is 0. The van der Waals surface area contributed by atoms with Crippen LogP contribution < -0.4 is 5.73 Å². The molecule has 0 heterocycles. The fourth-order valence-electron chi connectivity index (χ4n) is 3.30. The van der Waals surface area contributed by atoms with Crippen molar-refractivity contribution in [1.82, 2.24) is 0 Å². The number of benzene rings is 2. The Morgan fingerprint density at radius 2 is 1.78 bits per heavy atom.